The number of carbonyl (C=O) groups excluding carboxylic acids is 1. The van der Waals surface area contributed by atoms with Gasteiger partial charge < -0.3 is 14.4 Å². The largest absolute Gasteiger partial charge is 0.444 e. The van der Waals surface area contributed by atoms with Crippen molar-refractivity contribution >= 4 is 17.5 Å². The van der Waals surface area contributed by atoms with Gasteiger partial charge in [-0.2, -0.15) is 0 Å². The molecule has 26 heavy (non-hydrogen) atoms. The van der Waals surface area contributed by atoms with Gasteiger partial charge in [0.15, 0.2) is 5.82 Å². The van der Waals surface area contributed by atoms with Crippen LogP contribution in [0.3, 0.4) is 0 Å². The van der Waals surface area contributed by atoms with Gasteiger partial charge in [0.1, 0.15) is 5.60 Å². The number of nitrogens with zero attached hydrogens (tertiary/aromatic N) is 3. The monoisotopic (exact) mass is 367 g/mol. The summed E-state index contributed by atoms with van der Waals surface area (Å²) in [4.78, 5) is 26.0. The molecule has 0 radical (unpaired) electrons. The number of rotatable bonds is 2. The molecule has 0 N–H and O–H groups in total. The molecule has 1 aromatic carbocycles. The van der Waals surface area contributed by atoms with Gasteiger partial charge in [0.25, 0.3) is 5.69 Å². The van der Waals surface area contributed by atoms with Gasteiger partial charge in [0.2, 0.25) is 0 Å². The van der Waals surface area contributed by atoms with Crippen molar-refractivity contribution in [2.75, 3.05) is 31.1 Å². The zero-order chi connectivity index (χ0) is 19.1. The Kier molecular flexibility index (Phi) is 4.74. The number of morpholine rings is 1. The Hall–Kier alpha value is -2.42. The molecule has 2 aliphatic rings. The molecule has 3 rings (SSSR count). The molecular formula is C17H22FN3O5. The highest BCUT2D eigenvalue weighted by molar-refractivity contribution is 5.69. The predicted octanol–water partition coefficient (Wildman–Crippen LogP) is 2.56. The van der Waals surface area contributed by atoms with Crippen LogP contribution in [-0.4, -0.2) is 59.9 Å². The first-order valence-electron chi connectivity index (χ1n) is 8.46. The maximum absolute atomic E-state index is 14.3. The predicted molar refractivity (Wildman–Crippen MR) is 91.7 cm³/mol. The first-order valence-corrected chi connectivity index (χ1v) is 8.46. The van der Waals surface area contributed by atoms with Crippen LogP contribution in [0.25, 0.3) is 0 Å². The van der Waals surface area contributed by atoms with Crippen molar-refractivity contribution in [3.05, 3.63) is 34.1 Å². The molecule has 0 saturated carbocycles. The molecule has 0 bridgehead atoms. The Bertz CT molecular complexity index is 721. The van der Waals surface area contributed by atoms with Gasteiger partial charge in [0.05, 0.1) is 35.4 Å². The fourth-order valence-electron chi connectivity index (χ4n) is 3.30. The van der Waals surface area contributed by atoms with Gasteiger partial charge in [-0.3, -0.25) is 15.0 Å². The lowest BCUT2D eigenvalue weighted by Crippen LogP contribution is -2.54. The summed E-state index contributed by atoms with van der Waals surface area (Å²) in [6, 6.07) is 3.31. The highest BCUT2D eigenvalue weighted by Gasteiger charge is 2.44. The van der Waals surface area contributed by atoms with E-state index in [0.29, 0.717) is 26.2 Å². The lowest BCUT2D eigenvalue weighted by atomic mass is 10.1. The molecule has 0 aromatic heterocycles. The third-order valence-electron chi connectivity index (χ3n) is 4.41. The number of hydrogen-bond acceptors (Lipinski definition) is 6. The topological polar surface area (TPSA) is 85.1 Å². The Labute approximate surface area is 150 Å². The first kappa shape index (κ1) is 18.4. The van der Waals surface area contributed by atoms with E-state index in [0.717, 1.165) is 6.07 Å². The number of nitro groups is 1. The molecule has 0 aliphatic carbocycles. The standard InChI is InChI=1S/C17H22FN3O5/c1-17(2,3)26-16(22)20-6-7-25-15-10-19(9-14(15)20)13-5-4-11(21(23)24)8-12(13)18/h4-5,8,14-15H,6-7,9-10H2,1-3H3. The van der Waals surface area contributed by atoms with Crippen LogP contribution in [0.1, 0.15) is 20.8 Å². The van der Waals surface area contributed by atoms with Crippen molar-refractivity contribution in [2.24, 2.45) is 0 Å². The second kappa shape index (κ2) is 6.71. The van der Waals surface area contributed by atoms with E-state index in [1.54, 1.807) is 30.6 Å². The number of ether oxygens (including phenoxy) is 2. The molecule has 0 spiro atoms. The van der Waals surface area contributed by atoms with Gasteiger partial charge in [0, 0.05) is 25.7 Å². The van der Waals surface area contributed by atoms with Crippen LogP contribution >= 0.6 is 0 Å². The van der Waals surface area contributed by atoms with Gasteiger partial charge in [-0.15, -0.1) is 0 Å². The summed E-state index contributed by atoms with van der Waals surface area (Å²) < 4.78 is 25.5. The fourth-order valence-corrected chi connectivity index (χ4v) is 3.30. The normalized spacial score (nSPS) is 22.9. The zero-order valence-electron chi connectivity index (χ0n) is 15.0. The van der Waals surface area contributed by atoms with Crippen molar-refractivity contribution in [1.29, 1.82) is 0 Å². The molecule has 2 atom stereocenters. The van der Waals surface area contributed by atoms with E-state index in [-0.39, 0.29) is 23.5 Å². The minimum absolute atomic E-state index is 0.256. The number of non-ortho nitro benzene ring substituents is 1. The summed E-state index contributed by atoms with van der Waals surface area (Å²) >= 11 is 0. The minimum atomic E-state index is -0.665. The molecule has 2 saturated heterocycles. The van der Waals surface area contributed by atoms with E-state index in [2.05, 4.69) is 0 Å². The van der Waals surface area contributed by atoms with Crippen LogP contribution in [0, 0.1) is 15.9 Å². The summed E-state index contributed by atoms with van der Waals surface area (Å²) in [6.45, 7) is 6.98. The van der Waals surface area contributed by atoms with E-state index < -0.39 is 22.4 Å². The lowest BCUT2D eigenvalue weighted by molar-refractivity contribution is -0.385. The van der Waals surface area contributed by atoms with E-state index in [1.165, 1.54) is 12.1 Å². The zero-order valence-corrected chi connectivity index (χ0v) is 15.0. The SMILES string of the molecule is CC(C)(C)OC(=O)N1CCOC2CN(c3ccc([N+](=O)[O-])cc3F)CC21. The van der Waals surface area contributed by atoms with Crippen molar-refractivity contribution in [3.63, 3.8) is 0 Å². The fraction of sp³-hybridized carbons (Fsp3) is 0.588. The van der Waals surface area contributed by atoms with Gasteiger partial charge in [-0.05, 0) is 26.8 Å². The van der Waals surface area contributed by atoms with Crippen molar-refractivity contribution in [2.45, 2.75) is 38.5 Å². The van der Waals surface area contributed by atoms with Crippen LogP contribution in [0.2, 0.25) is 0 Å². The average Bonchev–Trinajstić information content (AvgIpc) is 2.96. The Balaban J connectivity index is 1.77. The summed E-state index contributed by atoms with van der Waals surface area (Å²) in [7, 11) is 0. The number of anilines is 1. The smallest absolute Gasteiger partial charge is 0.410 e. The summed E-state index contributed by atoms with van der Waals surface area (Å²) in [5.41, 5.74) is -0.638. The molecule has 1 aromatic rings. The van der Waals surface area contributed by atoms with E-state index in [9.17, 15) is 19.3 Å². The summed E-state index contributed by atoms with van der Waals surface area (Å²) in [6.07, 6.45) is -0.673. The van der Waals surface area contributed by atoms with Gasteiger partial charge in [-0.1, -0.05) is 0 Å². The highest BCUT2D eigenvalue weighted by Crippen LogP contribution is 2.31. The van der Waals surface area contributed by atoms with Gasteiger partial charge in [-0.25, -0.2) is 9.18 Å². The quantitative estimate of drug-likeness (QED) is 0.590. The molecule has 8 nitrogen and oxygen atoms in total. The number of carbonyl (C=O) groups is 1. The Morgan fingerprint density at radius 1 is 1.38 bits per heavy atom. The van der Waals surface area contributed by atoms with E-state index in [1.807, 2.05) is 0 Å². The second-order valence-electron chi connectivity index (χ2n) is 7.45. The molecule has 2 fully saturated rings. The Morgan fingerprint density at radius 2 is 2.12 bits per heavy atom. The molecule has 9 heteroatoms. The van der Waals surface area contributed by atoms with Crippen molar-refractivity contribution < 1.29 is 23.6 Å². The van der Waals surface area contributed by atoms with E-state index >= 15 is 0 Å². The van der Waals surface area contributed by atoms with Crippen LogP contribution in [0.4, 0.5) is 20.6 Å². The molecular weight excluding hydrogens is 345 g/mol. The molecule has 2 unspecified atom stereocenters. The van der Waals surface area contributed by atoms with Crippen molar-refractivity contribution in [1.82, 2.24) is 4.90 Å². The van der Waals surface area contributed by atoms with Crippen LogP contribution in [0.15, 0.2) is 18.2 Å². The second-order valence-corrected chi connectivity index (χ2v) is 7.45. The maximum Gasteiger partial charge on any atom is 0.410 e. The average molecular weight is 367 g/mol. The van der Waals surface area contributed by atoms with E-state index in [4.69, 9.17) is 9.47 Å². The first-order chi connectivity index (χ1) is 12.2. The van der Waals surface area contributed by atoms with Crippen LogP contribution in [0.5, 0.6) is 0 Å². The molecule has 2 heterocycles. The molecule has 2 aliphatic heterocycles. The minimum Gasteiger partial charge on any atom is -0.444 e. The lowest BCUT2D eigenvalue weighted by Gasteiger charge is -2.37. The third-order valence-corrected chi connectivity index (χ3v) is 4.41. The molecule has 1 amide bonds. The summed E-state index contributed by atoms with van der Waals surface area (Å²) in [5, 5.41) is 10.8. The van der Waals surface area contributed by atoms with Crippen molar-refractivity contribution in [3.8, 4) is 0 Å². The van der Waals surface area contributed by atoms with Crippen LogP contribution in [-0.2, 0) is 9.47 Å². The summed E-state index contributed by atoms with van der Waals surface area (Å²) in [5.74, 6) is -0.665. The van der Waals surface area contributed by atoms with Gasteiger partial charge >= 0.3 is 6.09 Å². The number of nitro benzene ring substituents is 1. The number of benzene rings is 1. The molecule has 142 valence electrons. The van der Waals surface area contributed by atoms with Crippen LogP contribution < -0.4 is 4.90 Å². The number of amides is 1. The number of fused-ring (bicyclic) bond motifs is 1. The maximum atomic E-state index is 14.3. The third kappa shape index (κ3) is 3.72. The number of halogens is 1. The Morgan fingerprint density at radius 3 is 2.73 bits per heavy atom. The number of hydrogen-bond donors (Lipinski definition) is 0. The highest BCUT2D eigenvalue weighted by atomic mass is 19.1.